The maximum Gasteiger partial charge on any atom is 0.501 e. The van der Waals surface area contributed by atoms with Crippen molar-refractivity contribution in [1.29, 1.82) is 0 Å². The molecule has 2 saturated carbocycles. The van der Waals surface area contributed by atoms with Crippen molar-refractivity contribution in [2.75, 3.05) is 12.4 Å². The van der Waals surface area contributed by atoms with Crippen LogP contribution in [0.4, 0.5) is 23.2 Å². The molecule has 3 N–H and O–H groups in total. The van der Waals surface area contributed by atoms with E-state index < -0.39 is 49.8 Å². The van der Waals surface area contributed by atoms with Gasteiger partial charge in [-0.2, -0.15) is 13.2 Å². The molecule has 0 aliphatic heterocycles. The van der Waals surface area contributed by atoms with Crippen LogP contribution in [0.3, 0.4) is 0 Å². The molecule has 0 spiro atoms. The SMILES string of the molecule is COc1cc(F)c(-c2ccc(O)cc2)cc1C(=O)N[C@@H]1[C@H]2CC[C@H](C2)[C@@H]1C(=O)Nc1cccc(S(=O)(=O)C(F)(F)F)c1. The fourth-order valence-electron chi connectivity index (χ4n) is 5.97. The Kier molecular flexibility index (Phi) is 7.64. The predicted octanol–water partition coefficient (Wildman–Crippen LogP) is 5.28. The third-order valence-corrected chi connectivity index (χ3v) is 9.43. The van der Waals surface area contributed by atoms with Crippen LogP contribution in [0.15, 0.2) is 65.6 Å². The highest BCUT2D eigenvalue weighted by Gasteiger charge is 2.52. The number of nitrogens with one attached hydrogen (secondary N) is 2. The van der Waals surface area contributed by atoms with Gasteiger partial charge in [-0.15, -0.1) is 0 Å². The summed E-state index contributed by atoms with van der Waals surface area (Å²) < 4.78 is 82.9. The number of rotatable bonds is 7. The fraction of sp³-hybridized carbons (Fsp3) is 0.310. The summed E-state index contributed by atoms with van der Waals surface area (Å²) in [5.41, 5.74) is -5.10. The van der Waals surface area contributed by atoms with Gasteiger partial charge >= 0.3 is 5.51 Å². The highest BCUT2D eigenvalue weighted by atomic mass is 32.2. The molecule has 0 heterocycles. The topological polar surface area (TPSA) is 122 Å². The molecule has 222 valence electrons. The first-order chi connectivity index (χ1) is 19.8. The Bertz CT molecular complexity index is 1640. The quantitative estimate of drug-likeness (QED) is 0.315. The summed E-state index contributed by atoms with van der Waals surface area (Å²) in [6.45, 7) is 0. The van der Waals surface area contributed by atoms with Gasteiger partial charge in [-0.25, -0.2) is 12.8 Å². The molecule has 0 saturated heterocycles. The van der Waals surface area contributed by atoms with Crippen molar-refractivity contribution in [1.82, 2.24) is 5.32 Å². The van der Waals surface area contributed by atoms with Crippen LogP contribution in [-0.4, -0.2) is 44.0 Å². The molecule has 4 atom stereocenters. The summed E-state index contributed by atoms with van der Waals surface area (Å²) in [6.07, 6.45) is 2.10. The van der Waals surface area contributed by atoms with Crippen LogP contribution in [0.1, 0.15) is 29.6 Å². The molecule has 0 aromatic heterocycles. The average molecular weight is 607 g/mol. The zero-order valence-corrected chi connectivity index (χ0v) is 22.9. The van der Waals surface area contributed by atoms with Gasteiger partial charge in [0, 0.05) is 23.4 Å². The first-order valence-corrected chi connectivity index (χ1v) is 14.5. The number of phenolic OH excluding ortho intramolecular Hbond substituents is 1. The number of benzene rings is 3. The number of hydrogen-bond acceptors (Lipinski definition) is 6. The lowest BCUT2D eigenvalue weighted by Crippen LogP contribution is -2.48. The number of phenols is 1. The number of amides is 2. The molecule has 2 fully saturated rings. The minimum absolute atomic E-state index is 0.0139. The molecule has 2 bridgehead atoms. The van der Waals surface area contributed by atoms with E-state index >= 15 is 0 Å². The van der Waals surface area contributed by atoms with Crippen molar-refractivity contribution in [2.45, 2.75) is 35.7 Å². The second-order valence-electron chi connectivity index (χ2n) is 10.4. The number of hydrogen-bond donors (Lipinski definition) is 3. The van der Waals surface area contributed by atoms with Crippen LogP contribution in [-0.2, 0) is 14.6 Å². The van der Waals surface area contributed by atoms with Crippen molar-refractivity contribution in [3.63, 3.8) is 0 Å². The molecule has 3 aromatic carbocycles. The van der Waals surface area contributed by atoms with E-state index in [1.54, 1.807) is 0 Å². The first-order valence-electron chi connectivity index (χ1n) is 13.0. The van der Waals surface area contributed by atoms with Crippen LogP contribution in [0.5, 0.6) is 11.5 Å². The number of carbonyl (C=O) groups excluding carboxylic acids is 2. The highest BCUT2D eigenvalue weighted by Crippen LogP contribution is 2.49. The van der Waals surface area contributed by atoms with E-state index in [4.69, 9.17) is 4.74 Å². The van der Waals surface area contributed by atoms with Crippen molar-refractivity contribution in [2.24, 2.45) is 17.8 Å². The van der Waals surface area contributed by atoms with Gasteiger partial charge in [0.2, 0.25) is 5.91 Å². The second kappa shape index (κ2) is 10.9. The molecular weight excluding hydrogens is 580 g/mol. The minimum Gasteiger partial charge on any atom is -0.508 e. The third-order valence-electron chi connectivity index (χ3n) is 7.95. The van der Waals surface area contributed by atoms with Crippen LogP contribution in [0.2, 0.25) is 0 Å². The number of ether oxygens (including phenoxy) is 1. The number of halogens is 4. The van der Waals surface area contributed by atoms with E-state index in [-0.39, 0.29) is 40.1 Å². The van der Waals surface area contributed by atoms with Gasteiger partial charge in [0.05, 0.1) is 23.5 Å². The zero-order chi connectivity index (χ0) is 30.4. The van der Waals surface area contributed by atoms with Gasteiger partial charge < -0.3 is 20.5 Å². The van der Waals surface area contributed by atoms with Crippen molar-refractivity contribution < 1.29 is 45.4 Å². The Labute approximate surface area is 238 Å². The smallest absolute Gasteiger partial charge is 0.501 e. The van der Waals surface area contributed by atoms with Gasteiger partial charge in [0.15, 0.2) is 0 Å². The van der Waals surface area contributed by atoms with Crippen molar-refractivity contribution in [3.05, 3.63) is 72.0 Å². The Morgan fingerprint density at radius 1 is 1.00 bits per heavy atom. The number of alkyl halides is 3. The Hall–Kier alpha value is -4.13. The van der Waals surface area contributed by atoms with Gasteiger partial charge in [-0.05, 0) is 73.1 Å². The molecule has 2 aliphatic rings. The average Bonchev–Trinajstić information content (AvgIpc) is 3.55. The van der Waals surface area contributed by atoms with E-state index in [1.165, 1.54) is 43.5 Å². The van der Waals surface area contributed by atoms with Crippen molar-refractivity contribution >= 4 is 27.3 Å². The maximum atomic E-state index is 14.9. The van der Waals surface area contributed by atoms with Gasteiger partial charge in [-0.3, -0.25) is 9.59 Å². The van der Waals surface area contributed by atoms with Crippen LogP contribution >= 0.6 is 0 Å². The summed E-state index contributed by atoms with van der Waals surface area (Å²) in [5, 5.41) is 15.0. The largest absolute Gasteiger partial charge is 0.508 e. The molecular formula is C29H26F4N2O6S. The Morgan fingerprint density at radius 2 is 1.69 bits per heavy atom. The van der Waals surface area contributed by atoms with E-state index in [1.807, 2.05) is 0 Å². The highest BCUT2D eigenvalue weighted by molar-refractivity contribution is 7.92. The minimum atomic E-state index is -5.61. The monoisotopic (exact) mass is 606 g/mol. The molecule has 42 heavy (non-hydrogen) atoms. The van der Waals surface area contributed by atoms with Crippen molar-refractivity contribution in [3.8, 4) is 22.6 Å². The molecule has 8 nitrogen and oxygen atoms in total. The lowest BCUT2D eigenvalue weighted by molar-refractivity contribution is -0.122. The molecule has 3 aromatic rings. The fourth-order valence-corrected chi connectivity index (χ4v) is 6.78. The molecule has 0 unspecified atom stereocenters. The number of anilines is 1. The third kappa shape index (κ3) is 5.40. The molecule has 13 heteroatoms. The zero-order valence-electron chi connectivity index (χ0n) is 22.1. The molecule has 2 amide bonds. The normalized spacial score (nSPS) is 21.6. The van der Waals surface area contributed by atoms with Gasteiger partial charge in [0.25, 0.3) is 15.7 Å². The second-order valence-corrected chi connectivity index (χ2v) is 12.3. The standard InChI is InChI=1S/C29H26F4N2O6S/c1-41-24-14-23(30)21(15-7-9-19(36)10-8-15)13-22(24)27(37)35-26-17-6-5-16(11-17)25(26)28(38)34-18-3-2-4-20(12-18)42(39,40)29(31,32)33/h2-4,7-10,12-14,16-17,25-26,36H,5-6,11H2,1H3,(H,34,38)(H,35,37)/t16-,17+,25+,26-/m1/s1. The lowest BCUT2D eigenvalue weighted by Gasteiger charge is -2.31. The molecule has 2 aliphatic carbocycles. The van der Waals surface area contributed by atoms with Gasteiger partial charge in [0.1, 0.15) is 17.3 Å². The number of methoxy groups -OCH3 is 1. The predicted molar refractivity (Wildman–Crippen MR) is 144 cm³/mol. The van der Waals surface area contributed by atoms with Gasteiger partial charge in [-0.1, -0.05) is 18.2 Å². The Balaban J connectivity index is 1.39. The summed E-state index contributed by atoms with van der Waals surface area (Å²) in [7, 11) is -4.33. The number of sulfone groups is 1. The molecule has 5 rings (SSSR count). The van der Waals surface area contributed by atoms with Crippen LogP contribution in [0.25, 0.3) is 11.1 Å². The molecule has 0 radical (unpaired) electrons. The Morgan fingerprint density at radius 3 is 2.36 bits per heavy atom. The lowest BCUT2D eigenvalue weighted by atomic mass is 9.83. The summed E-state index contributed by atoms with van der Waals surface area (Å²) >= 11 is 0. The van der Waals surface area contributed by atoms with E-state index in [0.717, 1.165) is 30.7 Å². The summed E-state index contributed by atoms with van der Waals surface area (Å²) in [6, 6.07) is 11.4. The van der Waals surface area contributed by atoms with E-state index in [2.05, 4.69) is 10.6 Å². The number of fused-ring (bicyclic) bond motifs is 2. The van der Waals surface area contributed by atoms with Crippen LogP contribution < -0.4 is 15.4 Å². The van der Waals surface area contributed by atoms with E-state index in [9.17, 15) is 40.7 Å². The maximum absolute atomic E-state index is 14.9. The number of aromatic hydroxyl groups is 1. The number of carbonyl (C=O) groups is 2. The summed E-state index contributed by atoms with van der Waals surface area (Å²) in [4.78, 5) is 25.9. The first kappa shape index (κ1) is 29.4. The van der Waals surface area contributed by atoms with Crippen LogP contribution in [0, 0.1) is 23.6 Å². The van der Waals surface area contributed by atoms with E-state index in [0.29, 0.717) is 18.4 Å². The summed E-state index contributed by atoms with van der Waals surface area (Å²) in [5.74, 6) is -2.76.